The van der Waals surface area contributed by atoms with Crippen LogP contribution in [0.1, 0.15) is 17.3 Å². The van der Waals surface area contributed by atoms with Gasteiger partial charge in [-0.3, -0.25) is 4.79 Å². The molecule has 0 saturated heterocycles. The van der Waals surface area contributed by atoms with Crippen LogP contribution in [0.25, 0.3) is 0 Å². The maximum Gasteiger partial charge on any atom is 0.255 e. The molecule has 2 rings (SSSR count). The molecule has 4 nitrogen and oxygen atoms in total. The third-order valence-electron chi connectivity index (χ3n) is 2.51. The monoisotopic (exact) mass is 344 g/mol. The number of nitrogens with zero attached hydrogens (tertiary/aromatic N) is 1. The van der Waals surface area contributed by atoms with E-state index in [1.54, 1.807) is 18.2 Å². The van der Waals surface area contributed by atoms with E-state index < -0.39 is 0 Å². The van der Waals surface area contributed by atoms with Crippen LogP contribution in [0, 0.1) is 0 Å². The highest BCUT2D eigenvalue weighted by Crippen LogP contribution is 2.28. The Bertz CT molecular complexity index is 657. The fourth-order valence-corrected chi connectivity index (χ4v) is 2.35. The number of nitrogens with one attached hydrogen (secondary N) is 1. The van der Waals surface area contributed by atoms with E-state index >= 15 is 0 Å². The lowest BCUT2D eigenvalue weighted by molar-refractivity contribution is 0.102. The smallest absolute Gasteiger partial charge is 0.255 e. The second kappa shape index (κ2) is 6.98. The maximum absolute atomic E-state index is 12.1. The van der Waals surface area contributed by atoms with Crippen molar-refractivity contribution < 1.29 is 9.53 Å². The molecule has 0 spiro atoms. The van der Waals surface area contributed by atoms with Gasteiger partial charge in [-0.15, -0.1) is 0 Å². The van der Waals surface area contributed by atoms with Crippen LogP contribution in [0.3, 0.4) is 0 Å². The molecule has 0 atom stereocenters. The van der Waals surface area contributed by atoms with Gasteiger partial charge >= 0.3 is 0 Å². The highest BCUT2D eigenvalue weighted by atomic mass is 35.5. The van der Waals surface area contributed by atoms with E-state index in [4.69, 9.17) is 39.5 Å². The number of carbonyl (C=O) groups is 1. The minimum Gasteiger partial charge on any atom is -0.492 e. The summed E-state index contributed by atoms with van der Waals surface area (Å²) in [5.74, 6) is 0.202. The molecule has 0 bridgehead atoms. The number of pyridine rings is 1. The van der Waals surface area contributed by atoms with Crippen LogP contribution < -0.4 is 10.1 Å². The van der Waals surface area contributed by atoms with Crippen molar-refractivity contribution in [2.24, 2.45) is 0 Å². The number of benzene rings is 1. The zero-order chi connectivity index (χ0) is 15.4. The number of aromatic nitrogens is 1. The van der Waals surface area contributed by atoms with Gasteiger partial charge in [-0.25, -0.2) is 4.98 Å². The summed E-state index contributed by atoms with van der Waals surface area (Å²) in [6.45, 7) is 2.38. The first-order chi connectivity index (χ1) is 9.99. The van der Waals surface area contributed by atoms with Crippen molar-refractivity contribution in [3.05, 3.63) is 51.2 Å². The SMILES string of the molecule is CCOc1ccc(NC(=O)c2cc(Cl)nc(Cl)c2)cc1Cl. The number of amides is 1. The van der Waals surface area contributed by atoms with Crippen LogP contribution in [0.15, 0.2) is 30.3 Å². The molecule has 2 aromatic rings. The summed E-state index contributed by atoms with van der Waals surface area (Å²) in [5.41, 5.74) is 0.850. The van der Waals surface area contributed by atoms with Crippen LogP contribution in [-0.4, -0.2) is 17.5 Å². The van der Waals surface area contributed by atoms with E-state index in [1.807, 2.05) is 6.92 Å². The molecule has 0 aliphatic heterocycles. The van der Waals surface area contributed by atoms with Gasteiger partial charge in [0.1, 0.15) is 16.1 Å². The van der Waals surface area contributed by atoms with E-state index in [0.29, 0.717) is 28.6 Å². The van der Waals surface area contributed by atoms with Gasteiger partial charge in [0.2, 0.25) is 0 Å². The molecular weight excluding hydrogens is 335 g/mol. The van der Waals surface area contributed by atoms with Gasteiger partial charge in [0.05, 0.1) is 11.6 Å². The minimum absolute atomic E-state index is 0.150. The number of hydrogen-bond acceptors (Lipinski definition) is 3. The number of halogens is 3. The Labute approximate surface area is 137 Å². The lowest BCUT2D eigenvalue weighted by Crippen LogP contribution is -2.12. The molecule has 1 heterocycles. The average Bonchev–Trinajstić information content (AvgIpc) is 2.41. The highest BCUT2D eigenvalue weighted by Gasteiger charge is 2.10. The third-order valence-corrected chi connectivity index (χ3v) is 3.20. The van der Waals surface area contributed by atoms with Crippen LogP contribution in [0.2, 0.25) is 15.3 Å². The first-order valence-corrected chi connectivity index (χ1v) is 7.19. The maximum atomic E-state index is 12.1. The van der Waals surface area contributed by atoms with Crippen molar-refractivity contribution in [2.75, 3.05) is 11.9 Å². The Morgan fingerprint density at radius 1 is 1.19 bits per heavy atom. The van der Waals surface area contributed by atoms with Crippen LogP contribution in [0.5, 0.6) is 5.75 Å². The topological polar surface area (TPSA) is 51.2 Å². The molecule has 110 valence electrons. The summed E-state index contributed by atoms with van der Waals surface area (Å²) >= 11 is 17.6. The molecule has 1 aromatic carbocycles. The molecule has 1 amide bonds. The molecule has 0 radical (unpaired) electrons. The van der Waals surface area contributed by atoms with Crippen molar-refractivity contribution in [2.45, 2.75) is 6.92 Å². The van der Waals surface area contributed by atoms with E-state index in [2.05, 4.69) is 10.3 Å². The number of carbonyl (C=O) groups excluding carboxylic acids is 1. The van der Waals surface area contributed by atoms with Crippen LogP contribution >= 0.6 is 34.8 Å². The van der Waals surface area contributed by atoms with Crippen LogP contribution in [0.4, 0.5) is 5.69 Å². The first-order valence-electron chi connectivity index (χ1n) is 6.06. The lowest BCUT2D eigenvalue weighted by atomic mass is 10.2. The Morgan fingerprint density at radius 3 is 2.43 bits per heavy atom. The zero-order valence-corrected chi connectivity index (χ0v) is 13.3. The Kier molecular flexibility index (Phi) is 5.28. The van der Waals surface area contributed by atoms with Crippen molar-refractivity contribution >= 4 is 46.4 Å². The molecule has 0 saturated carbocycles. The molecule has 7 heteroatoms. The molecule has 0 aliphatic carbocycles. The second-order valence-electron chi connectivity index (χ2n) is 4.03. The number of ether oxygens (including phenoxy) is 1. The third kappa shape index (κ3) is 4.24. The van der Waals surface area contributed by atoms with Crippen molar-refractivity contribution in [1.29, 1.82) is 0 Å². The summed E-state index contributed by atoms with van der Waals surface area (Å²) in [6, 6.07) is 7.85. The molecule has 0 fully saturated rings. The predicted molar refractivity (Wildman–Crippen MR) is 84.8 cm³/mol. The average molecular weight is 346 g/mol. The van der Waals surface area contributed by atoms with E-state index in [9.17, 15) is 4.79 Å². The molecule has 0 aliphatic rings. The number of hydrogen-bond donors (Lipinski definition) is 1. The standard InChI is InChI=1S/C14H11Cl3N2O2/c1-2-21-11-4-3-9(7-10(11)15)18-14(20)8-5-12(16)19-13(17)6-8/h3-7H,2H2,1H3,(H,18,20). The largest absolute Gasteiger partial charge is 0.492 e. The van der Waals surface area contributed by atoms with Gasteiger partial charge in [-0.1, -0.05) is 34.8 Å². The van der Waals surface area contributed by atoms with Crippen molar-refractivity contribution in [1.82, 2.24) is 4.98 Å². The Morgan fingerprint density at radius 2 is 1.86 bits per heavy atom. The molecule has 1 N–H and O–H groups in total. The summed E-state index contributed by atoms with van der Waals surface area (Å²) in [5, 5.41) is 3.42. The Balaban J connectivity index is 2.17. The highest BCUT2D eigenvalue weighted by molar-refractivity contribution is 6.33. The van der Waals surface area contributed by atoms with Crippen molar-refractivity contribution in [3.8, 4) is 5.75 Å². The van der Waals surface area contributed by atoms with Gasteiger partial charge in [0, 0.05) is 11.3 Å². The second-order valence-corrected chi connectivity index (χ2v) is 5.22. The Hall–Kier alpha value is -1.49. The number of rotatable bonds is 4. The minimum atomic E-state index is -0.360. The summed E-state index contributed by atoms with van der Waals surface area (Å²) in [6.07, 6.45) is 0. The quantitative estimate of drug-likeness (QED) is 0.818. The molecule has 21 heavy (non-hydrogen) atoms. The lowest BCUT2D eigenvalue weighted by Gasteiger charge is -2.09. The van der Waals surface area contributed by atoms with E-state index in [1.165, 1.54) is 12.1 Å². The van der Waals surface area contributed by atoms with Crippen LogP contribution in [-0.2, 0) is 0 Å². The van der Waals surface area contributed by atoms with Gasteiger partial charge in [0.15, 0.2) is 0 Å². The summed E-state index contributed by atoms with van der Waals surface area (Å²) in [4.78, 5) is 15.9. The fourth-order valence-electron chi connectivity index (χ4n) is 1.65. The van der Waals surface area contributed by atoms with Crippen molar-refractivity contribution in [3.63, 3.8) is 0 Å². The normalized spacial score (nSPS) is 10.3. The summed E-state index contributed by atoms with van der Waals surface area (Å²) < 4.78 is 5.32. The van der Waals surface area contributed by atoms with Gasteiger partial charge < -0.3 is 10.1 Å². The van der Waals surface area contributed by atoms with E-state index in [0.717, 1.165) is 0 Å². The van der Waals surface area contributed by atoms with Gasteiger partial charge in [-0.2, -0.15) is 0 Å². The fraction of sp³-hybridized carbons (Fsp3) is 0.143. The van der Waals surface area contributed by atoms with Gasteiger partial charge in [-0.05, 0) is 37.3 Å². The summed E-state index contributed by atoms with van der Waals surface area (Å²) in [7, 11) is 0. The molecule has 0 unspecified atom stereocenters. The zero-order valence-electron chi connectivity index (χ0n) is 11.0. The molecular formula is C14H11Cl3N2O2. The number of anilines is 1. The van der Waals surface area contributed by atoms with Gasteiger partial charge in [0.25, 0.3) is 5.91 Å². The van der Waals surface area contributed by atoms with E-state index in [-0.39, 0.29) is 16.2 Å². The predicted octanol–water partition coefficient (Wildman–Crippen LogP) is 4.69. The molecule has 1 aromatic heterocycles. The first kappa shape index (κ1) is 15.9.